The molecule has 2 nitrogen and oxygen atoms in total. The Hall–Kier alpha value is -5.84. The Kier molecular flexibility index (Phi) is 11.4. The van der Waals surface area contributed by atoms with Crippen LogP contribution in [0.25, 0.3) is 0 Å². The summed E-state index contributed by atoms with van der Waals surface area (Å²) in [5.41, 5.74) is -4.02. The molecular formula is C52H48O2. The Morgan fingerprint density at radius 1 is 0.315 bits per heavy atom. The summed E-state index contributed by atoms with van der Waals surface area (Å²) in [6, 6.07) is 39.3. The average molecular weight is 705 g/mol. The van der Waals surface area contributed by atoms with Crippen molar-refractivity contribution in [2.75, 3.05) is 0 Å². The molecular weight excluding hydrogens is 657 g/mol. The van der Waals surface area contributed by atoms with Crippen LogP contribution in [0, 0.1) is 82.9 Å². The van der Waals surface area contributed by atoms with Crippen LogP contribution in [0.1, 0.15) is 77.6 Å². The van der Waals surface area contributed by atoms with Crippen molar-refractivity contribution in [2.45, 2.75) is 88.3 Å². The van der Waals surface area contributed by atoms with Gasteiger partial charge in [-0.15, -0.1) is 0 Å². The lowest BCUT2D eigenvalue weighted by atomic mass is 9.76. The smallest absolute Gasteiger partial charge is 0.189 e. The second kappa shape index (κ2) is 15.6. The van der Waals surface area contributed by atoms with Crippen molar-refractivity contribution in [3.8, 4) is 71.0 Å². The van der Waals surface area contributed by atoms with Gasteiger partial charge in [0.05, 0.1) is 0 Å². The molecule has 0 heterocycles. The van der Waals surface area contributed by atoms with Gasteiger partial charge in [0.2, 0.25) is 0 Å². The van der Waals surface area contributed by atoms with Gasteiger partial charge in [0.15, 0.2) is 11.2 Å². The maximum atomic E-state index is 12.3. The van der Waals surface area contributed by atoms with Crippen molar-refractivity contribution >= 4 is 0 Å². The lowest BCUT2D eigenvalue weighted by molar-refractivity contribution is 0.111. The third-order valence-electron chi connectivity index (χ3n) is 10.2. The highest BCUT2D eigenvalue weighted by Gasteiger charge is 2.34. The first kappa shape index (κ1) is 39.4. The highest BCUT2D eigenvalue weighted by molar-refractivity contribution is 5.56. The minimum absolute atomic E-state index is 0.348. The second-order valence-corrected chi connectivity index (χ2v) is 15.3. The molecule has 5 rings (SSSR count). The molecule has 0 aliphatic heterocycles. The summed E-state index contributed by atoms with van der Waals surface area (Å²) in [5, 5.41) is 24.5. The summed E-state index contributed by atoms with van der Waals surface area (Å²) in [6.45, 7) is 15.4. The van der Waals surface area contributed by atoms with Gasteiger partial charge in [0, 0.05) is 11.8 Å². The Bertz CT molecular complexity index is 2020. The van der Waals surface area contributed by atoms with Crippen LogP contribution in [0.4, 0.5) is 0 Å². The minimum atomic E-state index is -1.69. The summed E-state index contributed by atoms with van der Waals surface area (Å²) < 4.78 is 0. The number of hydrogen-bond acceptors (Lipinski definition) is 2. The van der Waals surface area contributed by atoms with E-state index < -0.39 is 32.9 Å². The molecule has 0 bridgehead atoms. The molecule has 0 saturated carbocycles. The largest absolute Gasteiger partial charge is 0.367 e. The van der Waals surface area contributed by atoms with Crippen LogP contribution in [-0.4, -0.2) is 21.4 Å². The van der Waals surface area contributed by atoms with Gasteiger partial charge >= 0.3 is 0 Å². The summed E-state index contributed by atoms with van der Waals surface area (Å²) >= 11 is 0. The summed E-state index contributed by atoms with van der Waals surface area (Å²) in [5.74, 6) is 39.6. The van der Waals surface area contributed by atoms with Gasteiger partial charge in [-0.2, -0.15) is 0 Å². The summed E-state index contributed by atoms with van der Waals surface area (Å²) in [6.07, 6.45) is 0. The van der Waals surface area contributed by atoms with E-state index in [1.54, 1.807) is 0 Å². The van der Waals surface area contributed by atoms with Crippen molar-refractivity contribution in [1.29, 1.82) is 0 Å². The Morgan fingerprint density at radius 2 is 0.481 bits per heavy atom. The lowest BCUT2D eigenvalue weighted by Gasteiger charge is -2.26. The molecule has 54 heavy (non-hydrogen) atoms. The highest BCUT2D eigenvalue weighted by atomic mass is 16.3. The lowest BCUT2D eigenvalue weighted by Crippen LogP contribution is -2.34. The van der Waals surface area contributed by atoms with E-state index in [0.717, 1.165) is 22.3 Å². The van der Waals surface area contributed by atoms with E-state index >= 15 is 0 Å². The SMILES string of the molecule is CC(C)C1(O)C#CC(C)(c2ccccc2)C#CC(C)(c2ccccc2)C#CC(O)(C(C)C)C#CC(C)(c2ccccc2)C#CC(C)(c2ccccc2)C#C1. The van der Waals surface area contributed by atoms with Crippen molar-refractivity contribution < 1.29 is 10.2 Å². The monoisotopic (exact) mass is 704 g/mol. The van der Waals surface area contributed by atoms with Crippen LogP contribution in [0.3, 0.4) is 0 Å². The van der Waals surface area contributed by atoms with E-state index in [1.165, 1.54) is 0 Å². The normalized spacial score (nSPS) is 29.0. The molecule has 4 aromatic rings. The molecule has 268 valence electrons. The molecule has 0 radical (unpaired) electrons. The summed E-state index contributed by atoms with van der Waals surface area (Å²) in [4.78, 5) is 0. The molecule has 2 heteroatoms. The molecule has 0 fully saturated rings. The van der Waals surface area contributed by atoms with Crippen LogP contribution >= 0.6 is 0 Å². The maximum Gasteiger partial charge on any atom is 0.189 e. The van der Waals surface area contributed by atoms with E-state index in [4.69, 9.17) is 0 Å². The predicted octanol–water partition coefficient (Wildman–Crippen LogP) is 8.63. The van der Waals surface area contributed by atoms with Crippen molar-refractivity contribution in [2.24, 2.45) is 11.8 Å². The molecule has 1 aliphatic carbocycles. The van der Waals surface area contributed by atoms with Crippen LogP contribution in [-0.2, 0) is 21.7 Å². The van der Waals surface area contributed by atoms with Gasteiger partial charge in [0.1, 0.15) is 21.7 Å². The van der Waals surface area contributed by atoms with Gasteiger partial charge in [0.25, 0.3) is 0 Å². The van der Waals surface area contributed by atoms with Gasteiger partial charge in [-0.1, -0.05) is 220 Å². The molecule has 4 unspecified atom stereocenters. The third-order valence-corrected chi connectivity index (χ3v) is 10.2. The first-order valence-electron chi connectivity index (χ1n) is 18.5. The number of hydrogen-bond donors (Lipinski definition) is 2. The predicted molar refractivity (Wildman–Crippen MR) is 221 cm³/mol. The van der Waals surface area contributed by atoms with E-state index in [1.807, 2.05) is 177 Å². The van der Waals surface area contributed by atoms with Gasteiger partial charge in [-0.3, -0.25) is 0 Å². The van der Waals surface area contributed by atoms with E-state index in [-0.39, 0.29) is 11.8 Å². The number of aliphatic hydroxyl groups is 2. The van der Waals surface area contributed by atoms with Crippen molar-refractivity contribution in [1.82, 2.24) is 0 Å². The Labute approximate surface area is 323 Å². The van der Waals surface area contributed by atoms with Crippen LogP contribution in [0.5, 0.6) is 0 Å². The van der Waals surface area contributed by atoms with E-state index in [0.29, 0.717) is 0 Å². The molecule has 0 aromatic heterocycles. The topological polar surface area (TPSA) is 40.5 Å². The Balaban J connectivity index is 1.91. The zero-order valence-corrected chi connectivity index (χ0v) is 32.6. The van der Waals surface area contributed by atoms with Crippen LogP contribution < -0.4 is 0 Å². The molecule has 2 N–H and O–H groups in total. The molecule has 0 spiro atoms. The molecule has 0 saturated heterocycles. The third kappa shape index (κ3) is 8.68. The van der Waals surface area contributed by atoms with Crippen LogP contribution in [0.15, 0.2) is 121 Å². The zero-order chi connectivity index (χ0) is 39.1. The average Bonchev–Trinajstić information content (AvgIpc) is 3.20. The first-order chi connectivity index (χ1) is 25.6. The molecule has 1 aliphatic rings. The van der Waals surface area contributed by atoms with Gasteiger partial charge < -0.3 is 10.2 Å². The first-order valence-corrected chi connectivity index (χ1v) is 18.5. The fraction of sp³-hybridized carbons (Fsp3) is 0.308. The quantitative estimate of drug-likeness (QED) is 0.198. The van der Waals surface area contributed by atoms with Crippen molar-refractivity contribution in [3.63, 3.8) is 0 Å². The molecule has 0 amide bonds. The van der Waals surface area contributed by atoms with E-state index in [9.17, 15) is 10.2 Å². The maximum absolute atomic E-state index is 12.3. The minimum Gasteiger partial charge on any atom is -0.367 e. The molecule has 4 atom stereocenters. The van der Waals surface area contributed by atoms with Crippen LogP contribution in [0.2, 0.25) is 0 Å². The van der Waals surface area contributed by atoms with E-state index in [2.05, 4.69) is 71.0 Å². The molecule has 4 aromatic carbocycles. The Morgan fingerprint density at radius 3 is 0.648 bits per heavy atom. The standard InChI is InChI=1S/C52H48O2/c1-41(2)51(53)37-33-47(5,43-21-13-9-14-22-43)29-31-49(7,45-25-17-11-18-26-45)35-39-52(54,42(3)4)40-36-50(8,46-27-19-12-20-28-46)32-30-48(6,34-38-51)44-23-15-10-16-24-44/h9-28,41-42,53-54H,1-8H3. The summed E-state index contributed by atoms with van der Waals surface area (Å²) in [7, 11) is 0. The fourth-order valence-electron chi connectivity index (χ4n) is 5.81. The highest BCUT2D eigenvalue weighted by Crippen LogP contribution is 2.31. The number of benzene rings is 4. The van der Waals surface area contributed by atoms with Gasteiger partial charge in [-0.05, 0) is 49.9 Å². The fourth-order valence-corrected chi connectivity index (χ4v) is 5.81. The van der Waals surface area contributed by atoms with Crippen molar-refractivity contribution in [3.05, 3.63) is 144 Å². The number of rotatable bonds is 6. The van der Waals surface area contributed by atoms with Gasteiger partial charge in [-0.25, -0.2) is 0 Å². The zero-order valence-electron chi connectivity index (χ0n) is 32.6. The second-order valence-electron chi connectivity index (χ2n) is 15.3.